The van der Waals surface area contributed by atoms with Crippen molar-refractivity contribution in [2.75, 3.05) is 13.7 Å². The van der Waals surface area contributed by atoms with Crippen LogP contribution in [-0.4, -0.2) is 25.8 Å². The molecule has 0 atom stereocenters. The zero-order valence-corrected chi connectivity index (χ0v) is 20.7. The van der Waals surface area contributed by atoms with Crippen LogP contribution in [-0.2, 0) is 6.61 Å². The van der Waals surface area contributed by atoms with Crippen LogP contribution in [0.5, 0.6) is 28.7 Å². The molecule has 7 heteroatoms. The monoisotopic (exact) mass is 496 g/mol. The average Bonchev–Trinajstić information content (AvgIpc) is 2.94. The minimum absolute atomic E-state index is 0.333. The van der Waals surface area contributed by atoms with E-state index in [0.29, 0.717) is 41.8 Å². The molecule has 0 radical (unpaired) electrons. The van der Waals surface area contributed by atoms with Crippen molar-refractivity contribution in [3.63, 3.8) is 0 Å². The molecule has 0 saturated heterocycles. The van der Waals surface area contributed by atoms with E-state index in [9.17, 15) is 4.79 Å². The highest BCUT2D eigenvalue weighted by molar-refractivity contribution is 5.95. The molecule has 0 aliphatic rings. The fourth-order valence-electron chi connectivity index (χ4n) is 3.41. The van der Waals surface area contributed by atoms with Gasteiger partial charge in [0.05, 0.1) is 19.9 Å². The largest absolute Gasteiger partial charge is 0.497 e. The smallest absolute Gasteiger partial charge is 0.271 e. The van der Waals surface area contributed by atoms with Crippen LogP contribution in [0.3, 0.4) is 0 Å². The molecule has 0 fully saturated rings. The zero-order chi connectivity index (χ0) is 25.9. The molecule has 0 heterocycles. The molecule has 0 aromatic heterocycles. The van der Waals surface area contributed by atoms with Crippen LogP contribution < -0.4 is 24.4 Å². The summed E-state index contributed by atoms with van der Waals surface area (Å²) in [5.74, 6) is 2.96. The molecule has 1 amide bonds. The number of methoxy groups -OCH3 is 1. The highest BCUT2D eigenvalue weighted by Crippen LogP contribution is 2.29. The van der Waals surface area contributed by atoms with Gasteiger partial charge in [0.1, 0.15) is 23.9 Å². The molecule has 0 saturated carbocycles. The van der Waals surface area contributed by atoms with E-state index in [0.717, 1.165) is 16.9 Å². The SMILES string of the molecule is CCOc1cc(/C=N\NC(=O)c2ccc(Oc3ccc(OC)cc3)cc2)ccc1OCc1ccccc1. The number of hydrogen-bond acceptors (Lipinski definition) is 6. The molecule has 7 nitrogen and oxygen atoms in total. The lowest BCUT2D eigenvalue weighted by Gasteiger charge is -2.12. The normalized spacial score (nSPS) is 10.6. The molecule has 0 spiro atoms. The van der Waals surface area contributed by atoms with Gasteiger partial charge in [-0.25, -0.2) is 5.43 Å². The molecule has 0 bridgehead atoms. The molecule has 4 rings (SSSR count). The number of rotatable bonds is 11. The van der Waals surface area contributed by atoms with Gasteiger partial charge in [0.25, 0.3) is 5.91 Å². The predicted octanol–water partition coefficient (Wildman–Crippen LogP) is 6.23. The van der Waals surface area contributed by atoms with E-state index in [1.54, 1.807) is 37.6 Å². The Bertz CT molecular complexity index is 1320. The number of nitrogens with one attached hydrogen (secondary N) is 1. The lowest BCUT2D eigenvalue weighted by atomic mass is 10.2. The summed E-state index contributed by atoms with van der Waals surface area (Å²) in [5.41, 5.74) is 4.83. The van der Waals surface area contributed by atoms with Crippen molar-refractivity contribution in [3.8, 4) is 28.7 Å². The lowest BCUT2D eigenvalue weighted by molar-refractivity contribution is 0.0955. The van der Waals surface area contributed by atoms with Gasteiger partial charge in [0.15, 0.2) is 11.5 Å². The quantitative estimate of drug-likeness (QED) is 0.197. The van der Waals surface area contributed by atoms with Crippen LogP contribution in [0.4, 0.5) is 0 Å². The Balaban J connectivity index is 1.33. The minimum Gasteiger partial charge on any atom is -0.497 e. The summed E-state index contributed by atoms with van der Waals surface area (Å²) in [5, 5.41) is 4.08. The molecule has 188 valence electrons. The first kappa shape index (κ1) is 25.3. The number of hydrogen-bond donors (Lipinski definition) is 1. The van der Waals surface area contributed by atoms with Crippen LogP contribution in [0.25, 0.3) is 0 Å². The Morgan fingerprint density at radius 3 is 2.16 bits per heavy atom. The second-order valence-corrected chi connectivity index (χ2v) is 7.91. The summed E-state index contributed by atoms with van der Waals surface area (Å²) in [6.07, 6.45) is 1.56. The number of carbonyl (C=O) groups is 1. The third-order valence-corrected chi connectivity index (χ3v) is 5.30. The van der Waals surface area contributed by atoms with Crippen molar-refractivity contribution in [2.45, 2.75) is 13.5 Å². The van der Waals surface area contributed by atoms with Crippen molar-refractivity contribution in [1.82, 2.24) is 5.43 Å². The zero-order valence-electron chi connectivity index (χ0n) is 20.7. The third-order valence-electron chi connectivity index (χ3n) is 5.30. The minimum atomic E-state index is -0.333. The van der Waals surface area contributed by atoms with Gasteiger partial charge in [0.2, 0.25) is 0 Å². The maximum absolute atomic E-state index is 12.5. The number of benzene rings is 4. The first-order chi connectivity index (χ1) is 18.1. The van der Waals surface area contributed by atoms with Crippen molar-refractivity contribution < 1.29 is 23.7 Å². The second-order valence-electron chi connectivity index (χ2n) is 7.91. The number of amides is 1. The maximum Gasteiger partial charge on any atom is 0.271 e. The number of hydrazone groups is 1. The summed E-state index contributed by atoms with van der Waals surface area (Å²) < 4.78 is 22.6. The van der Waals surface area contributed by atoms with Crippen molar-refractivity contribution >= 4 is 12.1 Å². The Morgan fingerprint density at radius 1 is 0.811 bits per heavy atom. The van der Waals surface area contributed by atoms with Gasteiger partial charge in [-0.05, 0) is 84.8 Å². The maximum atomic E-state index is 12.5. The highest BCUT2D eigenvalue weighted by atomic mass is 16.5. The van der Waals surface area contributed by atoms with E-state index in [2.05, 4.69) is 10.5 Å². The lowest BCUT2D eigenvalue weighted by Crippen LogP contribution is -2.17. The molecule has 4 aromatic carbocycles. The Kier molecular flexibility index (Phi) is 8.75. The van der Waals surface area contributed by atoms with Crippen molar-refractivity contribution in [3.05, 3.63) is 114 Å². The summed E-state index contributed by atoms with van der Waals surface area (Å²) in [6.45, 7) is 2.85. The standard InChI is InChI=1S/C30H28N2O5/c1-3-35-29-19-23(9-18-28(29)36-21-22-7-5-4-6-8-22)20-31-32-30(33)24-10-12-26(13-11-24)37-27-16-14-25(34-2)15-17-27/h4-20H,3,21H2,1-2H3,(H,32,33)/b31-20-. The highest BCUT2D eigenvalue weighted by Gasteiger charge is 2.08. The molecule has 4 aromatic rings. The predicted molar refractivity (Wildman–Crippen MR) is 143 cm³/mol. The van der Waals surface area contributed by atoms with Gasteiger partial charge in [-0.1, -0.05) is 30.3 Å². The summed E-state index contributed by atoms with van der Waals surface area (Å²) >= 11 is 0. The van der Waals surface area contributed by atoms with E-state index >= 15 is 0 Å². The average molecular weight is 497 g/mol. The van der Waals surface area contributed by atoms with E-state index in [4.69, 9.17) is 18.9 Å². The summed E-state index contributed by atoms with van der Waals surface area (Å²) in [7, 11) is 1.61. The van der Waals surface area contributed by atoms with E-state index in [1.165, 1.54) is 0 Å². The van der Waals surface area contributed by atoms with E-state index in [1.807, 2.05) is 79.7 Å². The van der Waals surface area contributed by atoms with Crippen LogP contribution in [0.15, 0.2) is 102 Å². The molecule has 37 heavy (non-hydrogen) atoms. The third kappa shape index (κ3) is 7.35. The van der Waals surface area contributed by atoms with Crippen LogP contribution in [0.2, 0.25) is 0 Å². The molecule has 0 unspecified atom stereocenters. The first-order valence-electron chi connectivity index (χ1n) is 11.8. The van der Waals surface area contributed by atoms with Crippen molar-refractivity contribution in [2.24, 2.45) is 5.10 Å². The molecule has 0 aliphatic carbocycles. The number of ether oxygens (including phenoxy) is 4. The van der Waals surface area contributed by atoms with Gasteiger partial charge in [-0.15, -0.1) is 0 Å². The van der Waals surface area contributed by atoms with Crippen LogP contribution in [0, 0.1) is 0 Å². The van der Waals surface area contributed by atoms with Crippen LogP contribution >= 0.6 is 0 Å². The fraction of sp³-hybridized carbons (Fsp3) is 0.133. The molecular formula is C30H28N2O5. The first-order valence-corrected chi connectivity index (χ1v) is 11.8. The van der Waals surface area contributed by atoms with Gasteiger partial charge < -0.3 is 18.9 Å². The molecule has 0 aliphatic heterocycles. The summed E-state index contributed by atoms with van der Waals surface area (Å²) in [4.78, 5) is 12.5. The Labute approximate surface area is 216 Å². The second kappa shape index (κ2) is 12.8. The van der Waals surface area contributed by atoms with Gasteiger partial charge in [0, 0.05) is 5.56 Å². The molecular weight excluding hydrogens is 468 g/mol. The fourth-order valence-corrected chi connectivity index (χ4v) is 3.41. The van der Waals surface area contributed by atoms with Crippen molar-refractivity contribution in [1.29, 1.82) is 0 Å². The Hall–Kier alpha value is -4.78. The number of nitrogens with zero attached hydrogens (tertiary/aromatic N) is 1. The van der Waals surface area contributed by atoms with E-state index in [-0.39, 0.29) is 5.91 Å². The van der Waals surface area contributed by atoms with Gasteiger partial charge in [-0.2, -0.15) is 5.10 Å². The van der Waals surface area contributed by atoms with E-state index < -0.39 is 0 Å². The van der Waals surface area contributed by atoms with Gasteiger partial charge in [-0.3, -0.25) is 4.79 Å². The summed E-state index contributed by atoms with van der Waals surface area (Å²) in [6, 6.07) is 29.5. The van der Waals surface area contributed by atoms with Gasteiger partial charge >= 0.3 is 0 Å². The molecule has 1 N–H and O–H groups in total. The number of carbonyl (C=O) groups excluding carboxylic acids is 1. The Morgan fingerprint density at radius 2 is 1.49 bits per heavy atom. The van der Waals surface area contributed by atoms with Crippen LogP contribution in [0.1, 0.15) is 28.4 Å². The topological polar surface area (TPSA) is 78.4 Å².